The van der Waals surface area contributed by atoms with Crippen LogP contribution in [0.3, 0.4) is 0 Å². The summed E-state index contributed by atoms with van der Waals surface area (Å²) in [5, 5.41) is 0. The highest BCUT2D eigenvalue weighted by molar-refractivity contribution is 5.31. The quantitative estimate of drug-likeness (QED) is 0.607. The lowest BCUT2D eigenvalue weighted by Crippen LogP contribution is -2.62. The van der Waals surface area contributed by atoms with E-state index in [0.29, 0.717) is 6.42 Å². The second kappa shape index (κ2) is 2.33. The van der Waals surface area contributed by atoms with Gasteiger partial charge in [-0.1, -0.05) is 0 Å². The zero-order valence-corrected chi connectivity index (χ0v) is 8.35. The Labute approximate surface area is 92.1 Å². The number of rotatable bonds is 0. The minimum Gasteiger partial charge on any atom is -0.354 e. The van der Waals surface area contributed by atoms with Crippen LogP contribution in [0.2, 0.25) is 0 Å². The second-order valence-corrected chi connectivity index (χ2v) is 5.56. The summed E-state index contributed by atoms with van der Waals surface area (Å²) in [7, 11) is 0. The van der Waals surface area contributed by atoms with Crippen molar-refractivity contribution in [3.63, 3.8) is 0 Å². The molecular weight excluding hydrogens is 250 g/mol. The molecule has 17 heavy (non-hydrogen) atoms. The van der Waals surface area contributed by atoms with E-state index in [1.165, 1.54) is 0 Å². The molecule has 1 saturated heterocycles. The lowest BCUT2D eigenvalue weighted by molar-refractivity contribution is -0.393. The summed E-state index contributed by atoms with van der Waals surface area (Å²) in [4.78, 5) is 0. The molecule has 1 nitrogen and oxygen atoms in total. The highest BCUT2D eigenvalue weighted by Gasteiger charge is 2.92. The summed E-state index contributed by atoms with van der Waals surface area (Å²) < 4.78 is 82.0. The van der Waals surface area contributed by atoms with Gasteiger partial charge in [0.2, 0.25) is 0 Å². The highest BCUT2D eigenvalue weighted by atomic mass is 19.4. The predicted octanol–water partition coefficient (Wildman–Crippen LogP) is 2.76. The first-order valence-electron chi connectivity index (χ1n) is 5.51. The number of alkyl halides is 6. The minimum atomic E-state index is -5.37. The first kappa shape index (κ1) is 10.5. The van der Waals surface area contributed by atoms with Crippen LogP contribution in [-0.2, 0) is 4.74 Å². The Hall–Kier alpha value is -0.460. The van der Waals surface area contributed by atoms with Gasteiger partial charge >= 0.3 is 12.4 Å². The van der Waals surface area contributed by atoms with E-state index in [1.54, 1.807) is 0 Å². The van der Waals surface area contributed by atoms with Gasteiger partial charge in [-0.05, 0) is 30.1 Å². The molecule has 0 spiro atoms. The monoisotopic (exact) mass is 258 g/mol. The molecule has 0 N–H and O–H groups in total. The maximum absolute atomic E-state index is 12.9. The van der Waals surface area contributed by atoms with Crippen molar-refractivity contribution in [2.45, 2.75) is 30.5 Å². The van der Waals surface area contributed by atoms with Crippen LogP contribution in [0, 0.1) is 29.6 Å². The van der Waals surface area contributed by atoms with E-state index in [4.69, 9.17) is 0 Å². The SMILES string of the molecule is FC(F)(F)C1(C(F)(F)F)OC2C3C4C1[C@@H]2C[C@H]34. The third-order valence-electron chi connectivity index (χ3n) is 5.15. The lowest BCUT2D eigenvalue weighted by Gasteiger charge is -2.39. The average molecular weight is 258 g/mol. The molecule has 4 saturated carbocycles. The van der Waals surface area contributed by atoms with Crippen LogP contribution in [0.25, 0.3) is 0 Å². The number of ether oxygens (including phenoxy) is 1. The molecule has 1 aliphatic heterocycles. The Bertz CT molecular complexity index is 385. The van der Waals surface area contributed by atoms with E-state index in [9.17, 15) is 26.3 Å². The van der Waals surface area contributed by atoms with E-state index >= 15 is 0 Å². The van der Waals surface area contributed by atoms with Crippen LogP contribution < -0.4 is 0 Å². The zero-order chi connectivity index (χ0) is 12.4. The predicted molar refractivity (Wildman–Crippen MR) is 41.8 cm³/mol. The molecule has 0 radical (unpaired) electrons. The molecule has 4 unspecified atom stereocenters. The van der Waals surface area contributed by atoms with Crippen LogP contribution in [0.15, 0.2) is 0 Å². The van der Waals surface area contributed by atoms with Gasteiger partial charge in [0, 0.05) is 5.92 Å². The Morgan fingerprint density at radius 3 is 1.82 bits per heavy atom. The van der Waals surface area contributed by atoms with Crippen LogP contribution >= 0.6 is 0 Å². The first-order chi connectivity index (χ1) is 7.70. The van der Waals surface area contributed by atoms with Crippen molar-refractivity contribution in [2.24, 2.45) is 29.6 Å². The molecule has 4 aliphatic carbocycles. The summed E-state index contributed by atoms with van der Waals surface area (Å²) in [5.74, 6) is -2.29. The molecular formula is C10H8F6O. The molecule has 0 aromatic rings. The average Bonchev–Trinajstić information content (AvgIpc) is 2.50. The van der Waals surface area contributed by atoms with Crippen LogP contribution in [0.4, 0.5) is 26.3 Å². The third-order valence-corrected chi connectivity index (χ3v) is 5.15. The van der Waals surface area contributed by atoms with E-state index in [-0.39, 0.29) is 11.8 Å². The summed E-state index contributed by atoms with van der Waals surface area (Å²) in [6.45, 7) is 0. The summed E-state index contributed by atoms with van der Waals surface area (Å²) in [6.07, 6.45) is -11.1. The number of hydrogen-bond donors (Lipinski definition) is 0. The molecule has 0 aromatic heterocycles. The van der Waals surface area contributed by atoms with E-state index in [1.807, 2.05) is 0 Å². The second-order valence-electron chi connectivity index (χ2n) is 5.56. The van der Waals surface area contributed by atoms with Gasteiger partial charge in [0.1, 0.15) is 0 Å². The molecule has 6 bridgehead atoms. The number of hydrogen-bond acceptors (Lipinski definition) is 1. The van der Waals surface area contributed by atoms with Gasteiger partial charge in [-0.3, -0.25) is 0 Å². The van der Waals surface area contributed by atoms with Crippen LogP contribution in [0.1, 0.15) is 6.42 Å². The standard InChI is InChI=1S/C10H8F6O/c11-9(12,13)8(10(14,15)16)6-3-1-2-4(6)5(2)7(3)17-8/h2-7H,1H2/t2-,3-,4?,5?,6?,7?/m0/s1. The van der Waals surface area contributed by atoms with E-state index in [2.05, 4.69) is 4.74 Å². The maximum atomic E-state index is 12.9. The van der Waals surface area contributed by atoms with Crippen molar-refractivity contribution < 1.29 is 31.1 Å². The van der Waals surface area contributed by atoms with Crippen molar-refractivity contribution in [1.82, 2.24) is 0 Å². The molecule has 1 heterocycles. The molecule has 5 rings (SSSR count). The molecule has 7 heteroatoms. The van der Waals surface area contributed by atoms with Gasteiger partial charge in [-0.2, -0.15) is 26.3 Å². The molecule has 0 amide bonds. The largest absolute Gasteiger partial charge is 0.426 e. The first-order valence-corrected chi connectivity index (χ1v) is 5.51. The smallest absolute Gasteiger partial charge is 0.354 e. The lowest BCUT2D eigenvalue weighted by atomic mass is 9.81. The van der Waals surface area contributed by atoms with Crippen molar-refractivity contribution in [2.75, 3.05) is 0 Å². The Balaban J connectivity index is 1.86. The van der Waals surface area contributed by atoms with Gasteiger partial charge < -0.3 is 4.74 Å². The van der Waals surface area contributed by atoms with Gasteiger partial charge in [0.05, 0.1) is 6.10 Å². The van der Waals surface area contributed by atoms with Crippen molar-refractivity contribution in [1.29, 1.82) is 0 Å². The normalized spacial score (nSPS) is 53.3. The van der Waals surface area contributed by atoms with Crippen molar-refractivity contribution >= 4 is 0 Å². The Kier molecular flexibility index (Phi) is 1.43. The fourth-order valence-electron chi connectivity index (χ4n) is 4.79. The van der Waals surface area contributed by atoms with Crippen LogP contribution in [-0.4, -0.2) is 24.1 Å². The van der Waals surface area contributed by atoms with Crippen molar-refractivity contribution in [3.05, 3.63) is 0 Å². The number of halogens is 6. The van der Waals surface area contributed by atoms with Gasteiger partial charge in [-0.15, -0.1) is 0 Å². The third kappa shape index (κ3) is 0.831. The van der Waals surface area contributed by atoms with Crippen LogP contribution in [0.5, 0.6) is 0 Å². The molecule has 6 atom stereocenters. The Morgan fingerprint density at radius 2 is 1.47 bits per heavy atom. The topological polar surface area (TPSA) is 9.23 Å². The van der Waals surface area contributed by atoms with Gasteiger partial charge in [0.15, 0.2) is 0 Å². The van der Waals surface area contributed by atoms with Gasteiger partial charge in [0.25, 0.3) is 5.60 Å². The molecule has 5 aliphatic rings. The van der Waals surface area contributed by atoms with E-state index in [0.717, 1.165) is 0 Å². The Morgan fingerprint density at radius 1 is 0.882 bits per heavy atom. The fourth-order valence-corrected chi connectivity index (χ4v) is 4.79. The zero-order valence-electron chi connectivity index (χ0n) is 8.35. The van der Waals surface area contributed by atoms with E-state index < -0.39 is 41.8 Å². The summed E-state index contributed by atoms with van der Waals surface area (Å²) >= 11 is 0. The van der Waals surface area contributed by atoms with Gasteiger partial charge in [-0.25, -0.2) is 0 Å². The minimum absolute atomic E-state index is 0.0252. The highest BCUT2D eigenvalue weighted by Crippen LogP contribution is 2.83. The summed E-state index contributed by atoms with van der Waals surface area (Å²) in [6, 6.07) is 0. The fraction of sp³-hybridized carbons (Fsp3) is 1.00. The molecule has 0 aromatic carbocycles. The molecule has 96 valence electrons. The summed E-state index contributed by atoms with van der Waals surface area (Å²) in [5.41, 5.74) is -3.89. The molecule has 5 fully saturated rings. The maximum Gasteiger partial charge on any atom is 0.426 e. The van der Waals surface area contributed by atoms with Crippen molar-refractivity contribution in [3.8, 4) is 0 Å².